The largest absolute Gasteiger partial charge is 0.0622 e. The molecule has 0 saturated heterocycles. The summed E-state index contributed by atoms with van der Waals surface area (Å²) in [5, 5.41) is 20.2. The molecule has 288 valence electrons. The summed E-state index contributed by atoms with van der Waals surface area (Å²) < 4.78 is 2.14. The Morgan fingerprint density at radius 2 is 0.484 bits per heavy atom. The molecule has 0 aliphatic carbocycles. The molecule has 0 heterocycles. The Labute approximate surface area is 375 Å². The third-order valence-corrected chi connectivity index (χ3v) is 14.1. The average Bonchev–Trinajstić information content (AvgIpc) is 3.33. The lowest BCUT2D eigenvalue weighted by Crippen LogP contribution is -1.98. The summed E-state index contributed by atoms with van der Waals surface area (Å²) in [7, 11) is 0. The molecule has 0 N–H and O–H groups in total. The SMILES string of the molecule is Brc1cc2c3ccccc3c3cc(Br)cc4c5c(-c6ccccc6)c6c7cc(-c8ccccc8)ccc7c7ccc(-c8ccccc8)cc7c6c(-c6ccccc6)c5c(c1)c2c34. The maximum absolute atomic E-state index is 4.08. The number of benzene rings is 13. The van der Waals surface area contributed by atoms with E-state index in [0.29, 0.717) is 0 Å². The van der Waals surface area contributed by atoms with Gasteiger partial charge in [-0.3, -0.25) is 0 Å². The van der Waals surface area contributed by atoms with Gasteiger partial charge in [0, 0.05) is 8.95 Å². The lowest BCUT2D eigenvalue weighted by atomic mass is 9.77. The van der Waals surface area contributed by atoms with E-state index in [1.807, 2.05) is 0 Å². The van der Waals surface area contributed by atoms with Gasteiger partial charge >= 0.3 is 0 Å². The molecular weight excluding hydrogens is 880 g/mol. The first-order chi connectivity index (χ1) is 30.6. The minimum absolute atomic E-state index is 1.07. The van der Waals surface area contributed by atoms with Gasteiger partial charge in [0.2, 0.25) is 0 Å². The van der Waals surface area contributed by atoms with Crippen LogP contribution in [-0.4, -0.2) is 0 Å². The molecule has 0 aromatic heterocycles. The maximum Gasteiger partial charge on any atom is 0.0188 e. The fourth-order valence-electron chi connectivity index (χ4n) is 10.7. The molecule has 0 atom stereocenters. The lowest BCUT2D eigenvalue weighted by Gasteiger charge is -2.26. The number of fused-ring (bicyclic) bond motifs is 12. The van der Waals surface area contributed by atoms with Crippen LogP contribution in [-0.2, 0) is 0 Å². The van der Waals surface area contributed by atoms with Crippen molar-refractivity contribution in [2.24, 2.45) is 0 Å². The fraction of sp³-hybridized carbons (Fsp3) is 0. The van der Waals surface area contributed by atoms with Crippen LogP contribution < -0.4 is 0 Å². The van der Waals surface area contributed by atoms with Crippen molar-refractivity contribution in [2.45, 2.75) is 0 Å². The number of halogens is 2. The van der Waals surface area contributed by atoms with Gasteiger partial charge in [-0.05, 0) is 167 Å². The van der Waals surface area contributed by atoms with Crippen LogP contribution in [0.1, 0.15) is 0 Å². The van der Waals surface area contributed by atoms with E-state index in [2.05, 4.69) is 238 Å². The summed E-state index contributed by atoms with van der Waals surface area (Å²) in [6.45, 7) is 0. The van der Waals surface area contributed by atoms with Crippen LogP contribution in [0.15, 0.2) is 215 Å². The van der Waals surface area contributed by atoms with E-state index in [0.717, 1.165) is 8.95 Å². The van der Waals surface area contributed by atoms with Gasteiger partial charge < -0.3 is 0 Å². The molecule has 0 fully saturated rings. The second-order valence-corrected chi connectivity index (χ2v) is 18.4. The summed E-state index contributed by atoms with van der Waals surface area (Å²) in [6, 6.07) is 76.6. The second kappa shape index (κ2) is 13.8. The highest BCUT2D eigenvalue weighted by Crippen LogP contribution is 2.56. The van der Waals surface area contributed by atoms with Crippen LogP contribution in [0.5, 0.6) is 0 Å². The minimum Gasteiger partial charge on any atom is -0.0622 e. The van der Waals surface area contributed by atoms with Gasteiger partial charge in [-0.15, -0.1) is 0 Å². The van der Waals surface area contributed by atoms with E-state index in [4.69, 9.17) is 0 Å². The van der Waals surface area contributed by atoms with E-state index < -0.39 is 0 Å². The van der Waals surface area contributed by atoms with Crippen molar-refractivity contribution < 1.29 is 0 Å². The molecule has 0 radical (unpaired) electrons. The van der Waals surface area contributed by atoms with Crippen molar-refractivity contribution in [3.8, 4) is 44.5 Å². The zero-order valence-corrected chi connectivity index (χ0v) is 36.6. The molecule has 13 aromatic rings. The zero-order chi connectivity index (χ0) is 41.1. The second-order valence-electron chi connectivity index (χ2n) is 16.5. The van der Waals surface area contributed by atoms with Crippen molar-refractivity contribution in [3.05, 3.63) is 215 Å². The summed E-state index contributed by atoms with van der Waals surface area (Å²) in [5.74, 6) is 0. The van der Waals surface area contributed by atoms with Gasteiger partial charge in [0.1, 0.15) is 0 Å². The Hall–Kier alpha value is -6.84. The monoisotopic (exact) mass is 912 g/mol. The van der Waals surface area contributed by atoms with Crippen LogP contribution in [0.3, 0.4) is 0 Å². The first-order valence-electron chi connectivity index (χ1n) is 21.1. The third-order valence-electron chi connectivity index (χ3n) is 13.2. The highest BCUT2D eigenvalue weighted by atomic mass is 79.9. The topological polar surface area (TPSA) is 0 Å². The Balaban J connectivity index is 1.42. The summed E-state index contributed by atoms with van der Waals surface area (Å²) in [5.41, 5.74) is 9.71. The smallest absolute Gasteiger partial charge is 0.0188 e. The lowest BCUT2D eigenvalue weighted by molar-refractivity contribution is 1.64. The fourth-order valence-corrected chi connectivity index (χ4v) is 11.6. The highest BCUT2D eigenvalue weighted by molar-refractivity contribution is 9.10. The first-order valence-corrected chi connectivity index (χ1v) is 22.7. The van der Waals surface area contributed by atoms with Crippen LogP contribution in [0.4, 0.5) is 0 Å². The average molecular weight is 915 g/mol. The first kappa shape index (κ1) is 35.9. The van der Waals surface area contributed by atoms with Crippen molar-refractivity contribution in [2.75, 3.05) is 0 Å². The van der Waals surface area contributed by atoms with E-state index in [9.17, 15) is 0 Å². The van der Waals surface area contributed by atoms with E-state index in [-0.39, 0.29) is 0 Å². The molecule has 13 rings (SSSR count). The molecule has 0 aliphatic rings. The molecule has 0 saturated carbocycles. The van der Waals surface area contributed by atoms with Crippen LogP contribution in [0, 0.1) is 0 Å². The molecule has 62 heavy (non-hydrogen) atoms. The Morgan fingerprint density at radius 3 is 0.871 bits per heavy atom. The predicted molar refractivity (Wildman–Crippen MR) is 275 cm³/mol. The predicted octanol–water partition coefficient (Wildman–Crippen LogP) is 18.5. The van der Waals surface area contributed by atoms with E-state index >= 15 is 0 Å². The minimum atomic E-state index is 1.07. The zero-order valence-electron chi connectivity index (χ0n) is 33.4. The van der Waals surface area contributed by atoms with Crippen LogP contribution in [0.25, 0.3) is 131 Å². The normalized spacial score (nSPS) is 12.0. The summed E-state index contributed by atoms with van der Waals surface area (Å²) in [6.07, 6.45) is 0. The molecule has 2 heteroatoms. The van der Waals surface area contributed by atoms with Crippen molar-refractivity contribution in [1.29, 1.82) is 0 Å². The molecule has 0 nitrogen and oxygen atoms in total. The molecular formula is C60H34Br2. The van der Waals surface area contributed by atoms with Crippen molar-refractivity contribution in [1.82, 2.24) is 0 Å². The molecule has 0 amide bonds. The van der Waals surface area contributed by atoms with E-state index in [1.54, 1.807) is 0 Å². The van der Waals surface area contributed by atoms with E-state index in [1.165, 1.54) is 131 Å². The van der Waals surface area contributed by atoms with Crippen molar-refractivity contribution >= 4 is 118 Å². The summed E-state index contributed by atoms with van der Waals surface area (Å²) >= 11 is 8.16. The Bertz CT molecular complexity index is 3690. The molecule has 13 aromatic carbocycles. The highest BCUT2D eigenvalue weighted by Gasteiger charge is 2.28. The summed E-state index contributed by atoms with van der Waals surface area (Å²) in [4.78, 5) is 0. The number of hydrogen-bond acceptors (Lipinski definition) is 0. The van der Waals surface area contributed by atoms with Gasteiger partial charge in [0.05, 0.1) is 0 Å². The standard InChI is InChI=1S/C60H34Br2/c61-41-31-49-43-23-13-14-24-44(43)50-32-42(62)34-52-56(50)55(49)51(33-41)59-53(37-19-9-3-10-20-37)57-47-29-39(35-15-5-1-6-16-35)25-27-45(47)46-28-26-40(36-17-7-2-8-18-36)30-48(46)58(57)54(60(52)59)38-21-11-4-12-22-38/h1-34H. The van der Waals surface area contributed by atoms with Gasteiger partial charge in [0.15, 0.2) is 0 Å². The van der Waals surface area contributed by atoms with Crippen molar-refractivity contribution in [3.63, 3.8) is 0 Å². The number of rotatable bonds is 4. The number of hydrogen-bond donors (Lipinski definition) is 0. The molecule has 0 spiro atoms. The van der Waals surface area contributed by atoms with Gasteiger partial charge in [-0.1, -0.05) is 202 Å². The Kier molecular flexibility index (Phi) is 8.01. The molecule has 0 aliphatic heterocycles. The van der Waals surface area contributed by atoms with Gasteiger partial charge in [0.25, 0.3) is 0 Å². The quantitative estimate of drug-likeness (QED) is 0.122. The van der Waals surface area contributed by atoms with Gasteiger partial charge in [-0.2, -0.15) is 0 Å². The Morgan fingerprint density at radius 1 is 0.194 bits per heavy atom. The maximum atomic E-state index is 4.08. The van der Waals surface area contributed by atoms with Crippen LogP contribution in [0.2, 0.25) is 0 Å². The van der Waals surface area contributed by atoms with Gasteiger partial charge in [-0.25, -0.2) is 0 Å². The molecule has 0 bridgehead atoms. The molecule has 0 unspecified atom stereocenters. The van der Waals surface area contributed by atoms with Crippen LogP contribution >= 0.6 is 31.9 Å². The third kappa shape index (κ3) is 5.24.